The molecule has 0 aliphatic carbocycles. The molecule has 0 aromatic heterocycles. The highest BCUT2D eigenvalue weighted by molar-refractivity contribution is 5.33. The van der Waals surface area contributed by atoms with E-state index in [1.807, 2.05) is 0 Å². The van der Waals surface area contributed by atoms with Crippen LogP contribution in [0.15, 0.2) is 37.0 Å². The number of hydrogen-bond acceptors (Lipinski definition) is 0. The highest BCUT2D eigenvalue weighted by Crippen LogP contribution is 2.08. The molecular weight excluding hydrogens is 96.1 g/mol. The van der Waals surface area contributed by atoms with Gasteiger partial charge in [-0.15, -0.1) is 0 Å². The van der Waals surface area contributed by atoms with Gasteiger partial charge in [0.05, 0.1) is 0 Å². The summed E-state index contributed by atoms with van der Waals surface area (Å²) in [5.74, 6) is 0. The Morgan fingerprint density at radius 3 is 2.12 bits per heavy atom. The maximum atomic E-state index is 3.77. The second kappa shape index (κ2) is 3.25. The molecule has 0 heteroatoms. The topological polar surface area (TPSA) is 0 Å². The fraction of sp³-hybridized carbons (Fsp3) is 0.250. The summed E-state index contributed by atoms with van der Waals surface area (Å²) in [6.07, 6.45) is 2.69. The standard InChI is InChI=1S/C8H12/c1-5-7(3)8(4)6-2/h5H,1,3-4,6H2,2H3. The van der Waals surface area contributed by atoms with Gasteiger partial charge in [0.1, 0.15) is 0 Å². The fourth-order valence-corrected chi connectivity index (χ4v) is 0.371. The normalized spacial score (nSPS) is 8.12. The van der Waals surface area contributed by atoms with Crippen LogP contribution in [-0.4, -0.2) is 0 Å². The molecular formula is C8H12. The van der Waals surface area contributed by atoms with E-state index >= 15 is 0 Å². The molecule has 0 heterocycles. The summed E-state index contributed by atoms with van der Waals surface area (Å²) in [5.41, 5.74) is 2.02. The zero-order chi connectivity index (χ0) is 6.57. The molecule has 0 aromatic rings. The largest absolute Gasteiger partial charge is 0.0985 e. The lowest BCUT2D eigenvalue weighted by atomic mass is 10.1. The van der Waals surface area contributed by atoms with E-state index in [9.17, 15) is 0 Å². The molecule has 0 saturated carbocycles. The van der Waals surface area contributed by atoms with Crippen LogP contribution in [0.3, 0.4) is 0 Å². The minimum atomic E-state index is 0.951. The molecule has 0 radical (unpaired) electrons. The van der Waals surface area contributed by atoms with Crippen LogP contribution in [-0.2, 0) is 0 Å². The first-order valence-electron chi connectivity index (χ1n) is 2.71. The van der Waals surface area contributed by atoms with Gasteiger partial charge in [0.2, 0.25) is 0 Å². The van der Waals surface area contributed by atoms with E-state index < -0.39 is 0 Å². The third kappa shape index (κ3) is 1.78. The lowest BCUT2D eigenvalue weighted by molar-refractivity contribution is 1.14. The molecule has 0 atom stereocenters. The molecule has 0 bridgehead atoms. The number of allylic oxidation sites excluding steroid dienone is 3. The molecule has 0 nitrogen and oxygen atoms in total. The average molecular weight is 108 g/mol. The van der Waals surface area contributed by atoms with E-state index in [4.69, 9.17) is 0 Å². The van der Waals surface area contributed by atoms with Crippen molar-refractivity contribution in [3.8, 4) is 0 Å². The quantitative estimate of drug-likeness (QED) is 0.487. The van der Waals surface area contributed by atoms with Gasteiger partial charge in [-0.1, -0.05) is 32.7 Å². The van der Waals surface area contributed by atoms with Gasteiger partial charge in [-0.05, 0) is 17.6 Å². The van der Waals surface area contributed by atoms with E-state index in [2.05, 4.69) is 26.7 Å². The van der Waals surface area contributed by atoms with Gasteiger partial charge in [-0.2, -0.15) is 0 Å². The van der Waals surface area contributed by atoms with Crippen molar-refractivity contribution in [2.24, 2.45) is 0 Å². The fourth-order valence-electron chi connectivity index (χ4n) is 0.371. The Hall–Kier alpha value is -0.780. The first kappa shape index (κ1) is 7.22. The SMILES string of the molecule is C=CC(=C)C(=C)CC. The maximum Gasteiger partial charge on any atom is -0.0308 e. The van der Waals surface area contributed by atoms with Gasteiger partial charge in [-0.25, -0.2) is 0 Å². The molecule has 8 heavy (non-hydrogen) atoms. The zero-order valence-electron chi connectivity index (χ0n) is 5.41. The average Bonchev–Trinajstić information content (AvgIpc) is 1.84. The molecule has 0 spiro atoms. The molecule has 0 N–H and O–H groups in total. The molecule has 0 amide bonds. The Balaban J connectivity index is 3.82. The third-order valence-electron chi connectivity index (χ3n) is 1.13. The van der Waals surface area contributed by atoms with Crippen LogP contribution in [0.5, 0.6) is 0 Å². The van der Waals surface area contributed by atoms with Crippen molar-refractivity contribution in [1.82, 2.24) is 0 Å². The molecule has 44 valence electrons. The van der Waals surface area contributed by atoms with E-state index in [0.717, 1.165) is 17.6 Å². The second-order valence-corrected chi connectivity index (χ2v) is 1.69. The zero-order valence-corrected chi connectivity index (χ0v) is 5.41. The summed E-state index contributed by atoms with van der Waals surface area (Å²) in [6, 6.07) is 0. The first-order valence-corrected chi connectivity index (χ1v) is 2.71. The molecule has 0 rings (SSSR count). The summed E-state index contributed by atoms with van der Waals surface area (Å²) in [7, 11) is 0. The highest BCUT2D eigenvalue weighted by Gasteiger charge is 1.88. The van der Waals surface area contributed by atoms with Crippen LogP contribution >= 0.6 is 0 Å². The predicted octanol–water partition coefficient (Wildman–Crippen LogP) is 2.69. The second-order valence-electron chi connectivity index (χ2n) is 1.69. The van der Waals surface area contributed by atoms with Crippen molar-refractivity contribution in [3.63, 3.8) is 0 Å². The van der Waals surface area contributed by atoms with E-state index in [0.29, 0.717) is 0 Å². The van der Waals surface area contributed by atoms with Crippen molar-refractivity contribution in [2.45, 2.75) is 13.3 Å². The third-order valence-corrected chi connectivity index (χ3v) is 1.13. The van der Waals surface area contributed by atoms with Gasteiger partial charge < -0.3 is 0 Å². The molecule has 0 unspecified atom stereocenters. The number of rotatable bonds is 3. The van der Waals surface area contributed by atoms with Crippen LogP contribution in [0.4, 0.5) is 0 Å². The highest BCUT2D eigenvalue weighted by atomic mass is 13.9. The molecule has 0 aliphatic rings. The minimum absolute atomic E-state index is 0.951. The maximum absolute atomic E-state index is 3.77. The van der Waals surface area contributed by atoms with Crippen LogP contribution in [0.2, 0.25) is 0 Å². The number of hydrogen-bond donors (Lipinski definition) is 0. The van der Waals surface area contributed by atoms with Gasteiger partial charge >= 0.3 is 0 Å². The van der Waals surface area contributed by atoms with Gasteiger partial charge in [0, 0.05) is 0 Å². The van der Waals surface area contributed by atoms with Crippen molar-refractivity contribution in [3.05, 3.63) is 37.0 Å². The Kier molecular flexibility index (Phi) is 2.93. The predicted molar refractivity (Wildman–Crippen MR) is 38.8 cm³/mol. The van der Waals surface area contributed by atoms with Gasteiger partial charge in [0.15, 0.2) is 0 Å². The monoisotopic (exact) mass is 108 g/mol. The minimum Gasteiger partial charge on any atom is -0.0985 e. The van der Waals surface area contributed by atoms with E-state index in [1.165, 1.54) is 0 Å². The van der Waals surface area contributed by atoms with Crippen molar-refractivity contribution in [1.29, 1.82) is 0 Å². The summed E-state index contributed by atoms with van der Waals surface area (Å²) in [5, 5.41) is 0. The van der Waals surface area contributed by atoms with Gasteiger partial charge in [-0.3, -0.25) is 0 Å². The van der Waals surface area contributed by atoms with Crippen LogP contribution in [0, 0.1) is 0 Å². The summed E-state index contributed by atoms with van der Waals surface area (Å²) in [6.45, 7) is 13.1. The Morgan fingerprint density at radius 2 is 2.00 bits per heavy atom. The molecule has 0 aromatic carbocycles. The van der Waals surface area contributed by atoms with Crippen LogP contribution in [0.1, 0.15) is 13.3 Å². The summed E-state index contributed by atoms with van der Waals surface area (Å²) in [4.78, 5) is 0. The molecule has 0 fully saturated rings. The smallest absolute Gasteiger partial charge is 0.0308 e. The lowest BCUT2D eigenvalue weighted by Gasteiger charge is -1.97. The Morgan fingerprint density at radius 1 is 1.50 bits per heavy atom. The first-order chi connectivity index (χ1) is 3.72. The Labute approximate surface area is 51.2 Å². The van der Waals surface area contributed by atoms with Crippen LogP contribution in [0.25, 0.3) is 0 Å². The van der Waals surface area contributed by atoms with Crippen LogP contribution < -0.4 is 0 Å². The van der Waals surface area contributed by atoms with E-state index in [1.54, 1.807) is 6.08 Å². The van der Waals surface area contributed by atoms with E-state index in [-0.39, 0.29) is 0 Å². The summed E-state index contributed by atoms with van der Waals surface area (Å²) >= 11 is 0. The van der Waals surface area contributed by atoms with Gasteiger partial charge in [0.25, 0.3) is 0 Å². The molecule has 0 saturated heterocycles. The van der Waals surface area contributed by atoms with Crippen molar-refractivity contribution >= 4 is 0 Å². The Bertz CT molecular complexity index is 118. The lowest BCUT2D eigenvalue weighted by Crippen LogP contribution is -1.77. The summed E-state index contributed by atoms with van der Waals surface area (Å²) < 4.78 is 0. The molecule has 0 aliphatic heterocycles. The van der Waals surface area contributed by atoms with Crippen molar-refractivity contribution < 1.29 is 0 Å². The van der Waals surface area contributed by atoms with Crippen molar-refractivity contribution in [2.75, 3.05) is 0 Å².